The van der Waals surface area contributed by atoms with Gasteiger partial charge in [-0.3, -0.25) is 5.10 Å². The number of benzene rings is 3. The minimum atomic E-state index is -0.464. The number of carbonyl (C=O) groups excluding carboxylic acids is 1. The predicted octanol–water partition coefficient (Wildman–Crippen LogP) is 7.13. The Balaban J connectivity index is 1.37. The second kappa shape index (κ2) is 12.7. The lowest BCUT2D eigenvalue weighted by Gasteiger charge is -2.18. The molecule has 11 heteroatoms. The SMILES string of the molecule is CCCSc1ccc(Cl)cc1CNC(=O)NC(Cc1ccccc1)c1nc(-c2ccc3c(N)n[nH]c3c2)c(Cl)[nH]1. The van der Waals surface area contributed by atoms with Gasteiger partial charge in [0.15, 0.2) is 5.82 Å². The number of carbonyl (C=O) groups is 1. The van der Waals surface area contributed by atoms with E-state index in [1.807, 2.05) is 66.7 Å². The Kier molecular flexibility index (Phi) is 8.84. The van der Waals surface area contributed by atoms with Crippen LogP contribution in [-0.2, 0) is 13.0 Å². The molecule has 0 radical (unpaired) electrons. The standard InChI is InChI=1S/C29H29Cl2N7OS/c1-2-12-40-24-11-9-20(30)14-19(24)16-33-29(39)34-23(13-17-6-4-3-5-7-17)28-35-25(26(31)36-28)18-8-10-21-22(15-18)37-38-27(21)32/h3-11,14-15,23H,2,12-13,16H2,1H3,(H,35,36)(H3,32,37,38)(H2,33,34,39). The number of nitrogens with two attached hydrogens (primary N) is 1. The number of aromatic nitrogens is 4. The Morgan fingerprint density at radius 1 is 1.10 bits per heavy atom. The van der Waals surface area contributed by atoms with E-state index in [0.717, 1.165) is 44.7 Å². The molecule has 0 aliphatic heterocycles. The number of thioether (sulfide) groups is 1. The van der Waals surface area contributed by atoms with E-state index in [0.29, 0.717) is 40.5 Å². The van der Waals surface area contributed by atoms with E-state index in [9.17, 15) is 4.79 Å². The number of halogens is 2. The van der Waals surface area contributed by atoms with Crippen LogP contribution in [0, 0.1) is 0 Å². The Labute approximate surface area is 246 Å². The maximum atomic E-state index is 13.2. The van der Waals surface area contributed by atoms with Crippen molar-refractivity contribution in [2.75, 3.05) is 11.5 Å². The normalized spacial score (nSPS) is 12.0. The number of anilines is 1. The molecular formula is C29H29Cl2N7OS. The van der Waals surface area contributed by atoms with E-state index in [1.54, 1.807) is 11.8 Å². The van der Waals surface area contributed by atoms with E-state index < -0.39 is 6.04 Å². The summed E-state index contributed by atoms with van der Waals surface area (Å²) in [6, 6.07) is 20.6. The number of fused-ring (bicyclic) bond motifs is 1. The smallest absolute Gasteiger partial charge is 0.315 e. The molecule has 0 aliphatic rings. The van der Waals surface area contributed by atoms with E-state index in [4.69, 9.17) is 33.9 Å². The van der Waals surface area contributed by atoms with Crippen LogP contribution in [0.5, 0.6) is 0 Å². The predicted molar refractivity (Wildman–Crippen MR) is 164 cm³/mol. The number of rotatable bonds is 10. The highest BCUT2D eigenvalue weighted by atomic mass is 35.5. The van der Waals surface area contributed by atoms with Gasteiger partial charge in [-0.15, -0.1) is 11.8 Å². The van der Waals surface area contributed by atoms with E-state index in [2.05, 4.69) is 32.7 Å². The zero-order valence-electron chi connectivity index (χ0n) is 21.8. The van der Waals surface area contributed by atoms with Crippen molar-refractivity contribution in [3.63, 3.8) is 0 Å². The maximum absolute atomic E-state index is 13.2. The number of nitrogen functional groups attached to an aromatic ring is 1. The third kappa shape index (κ3) is 6.55. The van der Waals surface area contributed by atoms with Crippen LogP contribution in [0.3, 0.4) is 0 Å². The molecule has 0 spiro atoms. The quantitative estimate of drug-likeness (QED) is 0.110. The monoisotopic (exact) mass is 593 g/mol. The van der Waals surface area contributed by atoms with Crippen molar-refractivity contribution in [1.29, 1.82) is 0 Å². The second-order valence-electron chi connectivity index (χ2n) is 9.32. The summed E-state index contributed by atoms with van der Waals surface area (Å²) >= 11 is 14.6. The zero-order valence-corrected chi connectivity index (χ0v) is 24.1. The lowest BCUT2D eigenvalue weighted by atomic mass is 10.1. The van der Waals surface area contributed by atoms with Crippen LogP contribution in [0.2, 0.25) is 10.2 Å². The molecular weight excluding hydrogens is 565 g/mol. The number of urea groups is 1. The summed E-state index contributed by atoms with van der Waals surface area (Å²) in [7, 11) is 0. The number of amides is 2. The number of H-pyrrole nitrogens is 2. The van der Waals surface area contributed by atoms with Crippen molar-refractivity contribution >= 4 is 57.7 Å². The summed E-state index contributed by atoms with van der Waals surface area (Å²) in [5.74, 6) is 1.97. The fourth-order valence-electron chi connectivity index (χ4n) is 4.40. The van der Waals surface area contributed by atoms with Crippen LogP contribution >= 0.6 is 35.0 Å². The summed E-state index contributed by atoms with van der Waals surface area (Å²) in [4.78, 5) is 22.2. The van der Waals surface area contributed by atoms with E-state index in [-0.39, 0.29) is 6.03 Å². The van der Waals surface area contributed by atoms with E-state index in [1.165, 1.54) is 0 Å². The molecule has 0 aliphatic carbocycles. The number of aromatic amines is 2. The molecule has 1 atom stereocenters. The first-order chi connectivity index (χ1) is 19.4. The fraction of sp³-hybridized carbons (Fsp3) is 0.207. The van der Waals surface area contributed by atoms with Crippen molar-refractivity contribution in [2.24, 2.45) is 0 Å². The third-order valence-electron chi connectivity index (χ3n) is 6.39. The van der Waals surface area contributed by atoms with Crippen molar-refractivity contribution in [3.05, 3.63) is 93.9 Å². The summed E-state index contributed by atoms with van der Waals surface area (Å²) < 4.78 is 0. The molecule has 40 heavy (non-hydrogen) atoms. The summed E-state index contributed by atoms with van der Waals surface area (Å²) in [5.41, 5.74) is 10.1. The van der Waals surface area contributed by atoms with Gasteiger partial charge in [0, 0.05) is 27.4 Å². The minimum Gasteiger partial charge on any atom is -0.382 e. The van der Waals surface area contributed by atoms with Gasteiger partial charge in [-0.1, -0.05) is 66.5 Å². The second-order valence-corrected chi connectivity index (χ2v) is 11.3. The summed E-state index contributed by atoms with van der Waals surface area (Å²) in [6.07, 6.45) is 1.57. The van der Waals surface area contributed by atoms with Crippen LogP contribution in [0.15, 0.2) is 71.6 Å². The first kappa shape index (κ1) is 27.9. The number of hydrogen-bond acceptors (Lipinski definition) is 5. The molecule has 6 N–H and O–H groups in total. The largest absolute Gasteiger partial charge is 0.382 e. The molecule has 5 aromatic rings. The highest BCUT2D eigenvalue weighted by Gasteiger charge is 2.22. The van der Waals surface area contributed by atoms with Gasteiger partial charge in [-0.2, -0.15) is 5.10 Å². The van der Waals surface area contributed by atoms with Gasteiger partial charge in [0.25, 0.3) is 0 Å². The molecule has 5 rings (SSSR count). The van der Waals surface area contributed by atoms with Gasteiger partial charge in [0.1, 0.15) is 16.7 Å². The average molecular weight is 595 g/mol. The van der Waals surface area contributed by atoms with Gasteiger partial charge in [0.05, 0.1) is 11.6 Å². The summed E-state index contributed by atoms with van der Waals surface area (Å²) in [6.45, 7) is 2.48. The van der Waals surface area contributed by atoms with Crippen LogP contribution in [0.25, 0.3) is 22.2 Å². The average Bonchev–Trinajstić information content (AvgIpc) is 3.53. The van der Waals surface area contributed by atoms with Crippen LogP contribution in [-0.4, -0.2) is 31.9 Å². The molecule has 8 nitrogen and oxygen atoms in total. The van der Waals surface area contributed by atoms with Crippen molar-refractivity contribution in [1.82, 2.24) is 30.8 Å². The fourth-order valence-corrected chi connectivity index (χ4v) is 5.75. The molecule has 3 aromatic carbocycles. The number of hydrogen-bond donors (Lipinski definition) is 5. The van der Waals surface area contributed by atoms with Crippen LogP contribution < -0.4 is 16.4 Å². The third-order valence-corrected chi connectivity index (χ3v) is 8.22. The molecule has 1 unspecified atom stereocenters. The topological polar surface area (TPSA) is 125 Å². The number of nitrogens with zero attached hydrogens (tertiary/aromatic N) is 2. The Bertz CT molecular complexity index is 1620. The minimum absolute atomic E-state index is 0.323. The Hall–Kier alpha value is -3.66. The van der Waals surface area contributed by atoms with Crippen LogP contribution in [0.1, 0.15) is 36.3 Å². The van der Waals surface area contributed by atoms with Gasteiger partial charge in [0.2, 0.25) is 0 Å². The molecule has 206 valence electrons. The van der Waals surface area contributed by atoms with E-state index >= 15 is 0 Å². The molecule has 0 saturated heterocycles. The van der Waals surface area contributed by atoms with Crippen molar-refractivity contribution < 1.29 is 4.79 Å². The first-order valence-electron chi connectivity index (χ1n) is 12.9. The van der Waals surface area contributed by atoms with Gasteiger partial charge in [-0.25, -0.2) is 9.78 Å². The summed E-state index contributed by atoms with van der Waals surface area (Å²) in [5, 5.41) is 14.9. The van der Waals surface area contributed by atoms with Crippen molar-refractivity contribution in [3.8, 4) is 11.3 Å². The molecule has 2 amide bonds. The highest BCUT2D eigenvalue weighted by molar-refractivity contribution is 7.99. The Morgan fingerprint density at radius 3 is 2.73 bits per heavy atom. The lowest BCUT2D eigenvalue weighted by molar-refractivity contribution is 0.236. The van der Waals surface area contributed by atoms with Gasteiger partial charge < -0.3 is 21.4 Å². The van der Waals surface area contributed by atoms with Crippen LogP contribution in [0.4, 0.5) is 10.6 Å². The number of imidazole rings is 1. The molecule has 2 aromatic heterocycles. The zero-order chi connectivity index (χ0) is 28.1. The molecule has 0 fully saturated rings. The van der Waals surface area contributed by atoms with Crippen molar-refractivity contribution in [2.45, 2.75) is 37.2 Å². The first-order valence-corrected chi connectivity index (χ1v) is 14.6. The Morgan fingerprint density at radius 2 is 1.93 bits per heavy atom. The highest BCUT2D eigenvalue weighted by Crippen LogP contribution is 2.31. The lowest BCUT2D eigenvalue weighted by Crippen LogP contribution is -2.38. The molecule has 2 heterocycles. The van der Waals surface area contributed by atoms with Gasteiger partial charge >= 0.3 is 6.03 Å². The maximum Gasteiger partial charge on any atom is 0.315 e. The molecule has 0 saturated carbocycles. The van der Waals surface area contributed by atoms with Gasteiger partial charge in [-0.05, 0) is 60.1 Å². The number of nitrogens with one attached hydrogen (secondary N) is 4. The molecule has 0 bridgehead atoms.